The number of aromatic carboxylic acids is 1. The number of allylic oxidation sites excluding steroid dienone is 1. The highest BCUT2D eigenvalue weighted by Gasteiger charge is 2.12. The monoisotopic (exact) mass is 309 g/mol. The van der Waals surface area contributed by atoms with Crippen LogP contribution in [0.15, 0.2) is 66.3 Å². The van der Waals surface area contributed by atoms with Crippen LogP contribution < -0.4 is 0 Å². The average molecular weight is 309 g/mol. The smallest absolute Gasteiger partial charge is 0.335 e. The number of hydrogen-bond acceptors (Lipinski definition) is 3. The molecule has 0 spiro atoms. The van der Waals surface area contributed by atoms with Gasteiger partial charge in [0.25, 0.3) is 0 Å². The zero-order valence-corrected chi connectivity index (χ0v) is 12.7. The zero-order chi connectivity index (χ0) is 16.7. The number of carbonyl (C=O) groups is 1. The number of oxime groups is 1. The molecule has 0 fully saturated rings. The molecule has 0 aromatic heterocycles. The predicted octanol–water partition coefficient (Wildman–Crippen LogP) is 4.42. The Morgan fingerprint density at radius 3 is 2.30 bits per heavy atom. The lowest BCUT2D eigenvalue weighted by Gasteiger charge is -2.13. The zero-order valence-electron chi connectivity index (χ0n) is 12.7. The lowest BCUT2D eigenvalue weighted by atomic mass is 9.91. The van der Waals surface area contributed by atoms with Crippen LogP contribution in [0.2, 0.25) is 0 Å². The van der Waals surface area contributed by atoms with Crippen molar-refractivity contribution in [2.24, 2.45) is 5.16 Å². The van der Waals surface area contributed by atoms with Gasteiger partial charge in [0.2, 0.25) is 0 Å². The highest BCUT2D eigenvalue weighted by molar-refractivity contribution is 5.87. The lowest BCUT2D eigenvalue weighted by Crippen LogP contribution is -2.03. The Morgan fingerprint density at radius 1 is 1.09 bits per heavy atom. The Morgan fingerprint density at radius 2 is 1.74 bits per heavy atom. The SMILES string of the molecule is C=C(CCC(/C=N/O)c1ccc(C(=O)O)cc1)c1ccccc1. The van der Waals surface area contributed by atoms with Gasteiger partial charge in [-0.1, -0.05) is 49.0 Å². The van der Waals surface area contributed by atoms with Crippen LogP contribution in [0.3, 0.4) is 0 Å². The summed E-state index contributed by atoms with van der Waals surface area (Å²) in [4.78, 5) is 10.9. The van der Waals surface area contributed by atoms with Gasteiger partial charge in [-0.05, 0) is 41.7 Å². The summed E-state index contributed by atoms with van der Waals surface area (Å²) in [7, 11) is 0. The Bertz CT molecular complexity index is 690. The third kappa shape index (κ3) is 4.54. The molecule has 2 N–H and O–H groups in total. The van der Waals surface area contributed by atoms with Crippen LogP contribution in [-0.4, -0.2) is 22.5 Å². The molecule has 0 amide bonds. The van der Waals surface area contributed by atoms with E-state index in [-0.39, 0.29) is 11.5 Å². The summed E-state index contributed by atoms with van der Waals surface area (Å²) in [6.45, 7) is 4.10. The van der Waals surface area contributed by atoms with Gasteiger partial charge in [0, 0.05) is 5.92 Å². The molecule has 0 radical (unpaired) electrons. The minimum absolute atomic E-state index is 0.0942. The van der Waals surface area contributed by atoms with Gasteiger partial charge >= 0.3 is 5.97 Å². The molecular formula is C19H19NO3. The van der Waals surface area contributed by atoms with Gasteiger partial charge in [-0.25, -0.2) is 4.79 Å². The second kappa shape index (κ2) is 7.94. The standard InChI is InChI=1S/C19H19NO3/c1-14(15-5-3-2-4-6-15)7-8-18(13-20-23)16-9-11-17(12-10-16)19(21)22/h2-6,9-13,18,23H,1,7-8H2,(H,21,22)/b20-13+. The molecule has 0 aliphatic rings. The van der Waals surface area contributed by atoms with Crippen LogP contribution in [0.5, 0.6) is 0 Å². The normalized spacial score (nSPS) is 12.2. The third-order valence-electron chi connectivity index (χ3n) is 3.77. The first-order valence-corrected chi connectivity index (χ1v) is 7.36. The summed E-state index contributed by atoms with van der Waals surface area (Å²) < 4.78 is 0. The topological polar surface area (TPSA) is 69.9 Å². The van der Waals surface area contributed by atoms with Crippen molar-refractivity contribution in [3.05, 3.63) is 77.9 Å². The summed E-state index contributed by atoms with van der Waals surface area (Å²) >= 11 is 0. The maximum Gasteiger partial charge on any atom is 0.335 e. The molecule has 0 saturated carbocycles. The van der Waals surface area contributed by atoms with Crippen LogP contribution in [-0.2, 0) is 0 Å². The molecule has 23 heavy (non-hydrogen) atoms. The van der Waals surface area contributed by atoms with Crippen LogP contribution in [0.1, 0.15) is 40.2 Å². The van der Waals surface area contributed by atoms with Gasteiger partial charge in [0.05, 0.1) is 11.8 Å². The van der Waals surface area contributed by atoms with Crippen molar-refractivity contribution in [3.8, 4) is 0 Å². The van der Waals surface area contributed by atoms with Gasteiger partial charge in [-0.3, -0.25) is 0 Å². The molecule has 2 aromatic carbocycles. The van der Waals surface area contributed by atoms with Crippen LogP contribution in [0, 0.1) is 0 Å². The molecule has 0 heterocycles. The number of hydrogen-bond donors (Lipinski definition) is 2. The molecule has 2 rings (SSSR count). The summed E-state index contributed by atoms with van der Waals surface area (Å²) in [6, 6.07) is 16.5. The molecule has 4 nitrogen and oxygen atoms in total. The van der Waals surface area contributed by atoms with E-state index in [0.717, 1.165) is 29.5 Å². The summed E-state index contributed by atoms with van der Waals surface area (Å²) in [6.07, 6.45) is 2.94. The Kier molecular flexibility index (Phi) is 5.69. The van der Waals surface area contributed by atoms with Crippen molar-refractivity contribution in [2.45, 2.75) is 18.8 Å². The van der Waals surface area contributed by atoms with E-state index in [9.17, 15) is 4.79 Å². The maximum absolute atomic E-state index is 10.9. The fourth-order valence-electron chi connectivity index (χ4n) is 2.43. The fraction of sp³-hybridized carbons (Fsp3) is 0.158. The Balaban J connectivity index is 2.07. The molecule has 0 aliphatic heterocycles. The quantitative estimate of drug-likeness (QED) is 0.452. The lowest BCUT2D eigenvalue weighted by molar-refractivity contribution is 0.0697. The van der Waals surface area contributed by atoms with Crippen molar-refractivity contribution in [1.82, 2.24) is 0 Å². The first-order valence-electron chi connectivity index (χ1n) is 7.36. The van der Waals surface area contributed by atoms with Crippen LogP contribution in [0.4, 0.5) is 0 Å². The van der Waals surface area contributed by atoms with Gasteiger partial charge in [-0.15, -0.1) is 5.16 Å². The van der Waals surface area contributed by atoms with Gasteiger partial charge in [0.15, 0.2) is 0 Å². The molecule has 1 atom stereocenters. The molecule has 0 saturated heterocycles. The van der Waals surface area contributed by atoms with Crippen molar-refractivity contribution in [3.63, 3.8) is 0 Å². The predicted molar refractivity (Wildman–Crippen MR) is 91.1 cm³/mol. The van der Waals surface area contributed by atoms with Gasteiger partial charge < -0.3 is 10.3 Å². The molecule has 0 aliphatic carbocycles. The van der Waals surface area contributed by atoms with E-state index in [1.54, 1.807) is 24.3 Å². The maximum atomic E-state index is 10.9. The number of carboxylic acids is 1. The van der Waals surface area contributed by atoms with Gasteiger partial charge in [-0.2, -0.15) is 0 Å². The van der Waals surface area contributed by atoms with E-state index in [2.05, 4.69) is 11.7 Å². The van der Waals surface area contributed by atoms with Crippen molar-refractivity contribution in [1.29, 1.82) is 0 Å². The molecule has 118 valence electrons. The summed E-state index contributed by atoms with van der Waals surface area (Å²) in [5, 5.41) is 21.0. The molecular weight excluding hydrogens is 290 g/mol. The van der Waals surface area contributed by atoms with Crippen LogP contribution >= 0.6 is 0 Å². The van der Waals surface area contributed by atoms with E-state index in [1.807, 2.05) is 30.3 Å². The average Bonchev–Trinajstić information content (AvgIpc) is 2.59. The summed E-state index contributed by atoms with van der Waals surface area (Å²) in [5.74, 6) is -1.05. The third-order valence-corrected chi connectivity index (χ3v) is 3.77. The second-order valence-electron chi connectivity index (χ2n) is 5.31. The molecule has 2 aromatic rings. The van der Waals surface area contributed by atoms with Crippen LogP contribution in [0.25, 0.3) is 5.57 Å². The minimum Gasteiger partial charge on any atom is -0.478 e. The first kappa shape index (κ1) is 16.5. The van der Waals surface area contributed by atoms with Gasteiger partial charge in [0.1, 0.15) is 0 Å². The van der Waals surface area contributed by atoms with Crippen molar-refractivity contribution >= 4 is 17.8 Å². The van der Waals surface area contributed by atoms with E-state index in [4.69, 9.17) is 10.3 Å². The first-order chi connectivity index (χ1) is 11.1. The van der Waals surface area contributed by atoms with Crippen molar-refractivity contribution < 1.29 is 15.1 Å². The van der Waals surface area contributed by atoms with Crippen molar-refractivity contribution in [2.75, 3.05) is 0 Å². The molecule has 0 bridgehead atoms. The molecule has 1 unspecified atom stereocenters. The highest BCUT2D eigenvalue weighted by atomic mass is 16.4. The summed E-state index contributed by atoms with van der Waals surface area (Å²) in [5.41, 5.74) is 3.26. The van der Waals surface area contributed by atoms with E-state index in [1.165, 1.54) is 6.21 Å². The minimum atomic E-state index is -0.957. The number of rotatable bonds is 7. The Hall–Kier alpha value is -2.88. The largest absolute Gasteiger partial charge is 0.478 e. The van der Waals surface area contributed by atoms with E-state index < -0.39 is 5.97 Å². The number of benzene rings is 2. The Labute approximate surface area is 135 Å². The molecule has 4 heteroatoms. The second-order valence-corrected chi connectivity index (χ2v) is 5.31. The van der Waals surface area contributed by atoms with E-state index >= 15 is 0 Å². The number of carboxylic acid groups (broad SMARTS) is 1. The van der Waals surface area contributed by atoms with E-state index in [0.29, 0.717) is 0 Å². The number of nitrogens with zero attached hydrogens (tertiary/aromatic N) is 1. The fourth-order valence-corrected chi connectivity index (χ4v) is 2.43. The highest BCUT2D eigenvalue weighted by Crippen LogP contribution is 2.25.